The fraction of sp³-hybridized carbons (Fsp3) is 0.350. The third-order valence-electron chi connectivity index (χ3n) is 4.74. The van der Waals surface area contributed by atoms with Crippen molar-refractivity contribution in [3.8, 4) is 5.75 Å². The second-order valence-electron chi connectivity index (χ2n) is 6.60. The van der Waals surface area contributed by atoms with Crippen molar-refractivity contribution in [3.05, 3.63) is 58.6 Å². The first-order chi connectivity index (χ1) is 13.8. The summed E-state index contributed by atoms with van der Waals surface area (Å²) in [4.78, 5) is 12.9. The smallest absolute Gasteiger partial charge is 0.253 e. The Kier molecular flexibility index (Phi) is 6.79. The van der Waals surface area contributed by atoms with Gasteiger partial charge in [-0.25, -0.2) is 8.42 Å². The number of sulfonamides is 1. The molecule has 1 amide bonds. The molecule has 1 heterocycles. The number of ether oxygens (including phenoxy) is 2. The van der Waals surface area contributed by atoms with Crippen molar-refractivity contribution in [1.29, 1.82) is 0 Å². The lowest BCUT2D eigenvalue weighted by Crippen LogP contribution is -2.40. The molecule has 1 unspecified atom stereocenters. The number of benzene rings is 2. The molecule has 1 fully saturated rings. The zero-order valence-electron chi connectivity index (χ0n) is 16.2. The van der Waals surface area contributed by atoms with E-state index < -0.39 is 15.9 Å². The number of hydrogen-bond acceptors (Lipinski definition) is 5. The summed E-state index contributed by atoms with van der Waals surface area (Å²) in [5.74, 6) is 0.183. The number of para-hydroxylation sites is 1. The van der Waals surface area contributed by atoms with E-state index in [0.717, 1.165) is 5.56 Å². The molecule has 29 heavy (non-hydrogen) atoms. The predicted octanol–water partition coefficient (Wildman–Crippen LogP) is 2.86. The number of nitrogens with zero attached hydrogens (tertiary/aromatic N) is 1. The van der Waals surface area contributed by atoms with Gasteiger partial charge in [0.1, 0.15) is 5.75 Å². The van der Waals surface area contributed by atoms with Crippen LogP contribution in [0.15, 0.2) is 47.4 Å². The monoisotopic (exact) mass is 438 g/mol. The second kappa shape index (κ2) is 9.13. The van der Waals surface area contributed by atoms with Gasteiger partial charge in [-0.3, -0.25) is 4.79 Å². The molecule has 7 nitrogen and oxygen atoms in total. The SMILES string of the molecule is COc1ccccc1C(C)NC(=O)c1cc(S(=O)(=O)N2CCOCC2)ccc1Cl. The molecule has 1 atom stereocenters. The molecule has 2 aromatic rings. The highest BCUT2D eigenvalue weighted by Crippen LogP contribution is 2.27. The molecular formula is C20H23ClN2O5S. The molecule has 0 bridgehead atoms. The fourth-order valence-corrected chi connectivity index (χ4v) is 4.79. The van der Waals surface area contributed by atoms with Crippen LogP contribution in [-0.4, -0.2) is 52.0 Å². The number of rotatable bonds is 6. The van der Waals surface area contributed by atoms with E-state index in [2.05, 4.69) is 5.32 Å². The Labute approximate surface area is 175 Å². The van der Waals surface area contributed by atoms with Crippen LogP contribution in [0.3, 0.4) is 0 Å². The molecule has 3 rings (SSSR count). The van der Waals surface area contributed by atoms with Crippen molar-refractivity contribution in [2.24, 2.45) is 0 Å². The first kappa shape index (κ1) is 21.6. The summed E-state index contributed by atoms with van der Waals surface area (Å²) in [5.41, 5.74) is 0.902. The minimum Gasteiger partial charge on any atom is -0.496 e. The quantitative estimate of drug-likeness (QED) is 0.749. The van der Waals surface area contributed by atoms with Gasteiger partial charge < -0.3 is 14.8 Å². The molecule has 0 aromatic heterocycles. The van der Waals surface area contributed by atoms with Crippen molar-refractivity contribution in [1.82, 2.24) is 9.62 Å². The zero-order chi connectivity index (χ0) is 21.0. The Morgan fingerprint density at radius 3 is 2.59 bits per heavy atom. The summed E-state index contributed by atoms with van der Waals surface area (Å²) in [7, 11) is -2.17. The number of carbonyl (C=O) groups is 1. The maximum atomic E-state index is 12.9. The number of amides is 1. The van der Waals surface area contributed by atoms with E-state index in [9.17, 15) is 13.2 Å². The topological polar surface area (TPSA) is 84.9 Å². The molecule has 0 saturated carbocycles. The lowest BCUT2D eigenvalue weighted by molar-refractivity contribution is 0.0730. The van der Waals surface area contributed by atoms with Crippen LogP contribution in [0.2, 0.25) is 5.02 Å². The highest BCUT2D eigenvalue weighted by atomic mass is 35.5. The third kappa shape index (κ3) is 4.72. The summed E-state index contributed by atoms with van der Waals surface area (Å²) in [6.45, 7) is 3.06. The lowest BCUT2D eigenvalue weighted by atomic mass is 10.1. The zero-order valence-corrected chi connectivity index (χ0v) is 17.8. The average molecular weight is 439 g/mol. The molecule has 0 radical (unpaired) electrons. The molecule has 0 aliphatic carbocycles. The molecule has 0 spiro atoms. The number of nitrogens with one attached hydrogen (secondary N) is 1. The predicted molar refractivity (Wildman–Crippen MR) is 110 cm³/mol. The Morgan fingerprint density at radius 2 is 1.90 bits per heavy atom. The van der Waals surface area contributed by atoms with Gasteiger partial charge in [0, 0.05) is 18.7 Å². The van der Waals surface area contributed by atoms with Crippen LogP contribution in [0.25, 0.3) is 0 Å². The number of hydrogen-bond donors (Lipinski definition) is 1. The van der Waals surface area contributed by atoms with Gasteiger partial charge in [0.25, 0.3) is 5.91 Å². The van der Waals surface area contributed by atoms with Crippen molar-refractivity contribution < 1.29 is 22.7 Å². The van der Waals surface area contributed by atoms with Crippen LogP contribution in [0.1, 0.15) is 28.9 Å². The highest BCUT2D eigenvalue weighted by Gasteiger charge is 2.28. The molecule has 2 aromatic carbocycles. The average Bonchev–Trinajstić information content (AvgIpc) is 2.74. The van der Waals surface area contributed by atoms with E-state index in [1.165, 1.54) is 22.5 Å². The van der Waals surface area contributed by atoms with Crippen LogP contribution >= 0.6 is 11.6 Å². The van der Waals surface area contributed by atoms with Crippen molar-refractivity contribution in [3.63, 3.8) is 0 Å². The van der Waals surface area contributed by atoms with Crippen molar-refractivity contribution in [2.75, 3.05) is 33.4 Å². The van der Waals surface area contributed by atoms with Gasteiger partial charge in [0.15, 0.2) is 0 Å². The number of carbonyl (C=O) groups excluding carboxylic acids is 1. The molecular weight excluding hydrogens is 416 g/mol. The van der Waals surface area contributed by atoms with Gasteiger partial charge in [0.2, 0.25) is 10.0 Å². The van der Waals surface area contributed by atoms with Gasteiger partial charge >= 0.3 is 0 Å². The molecule has 1 saturated heterocycles. The normalized spacial score (nSPS) is 16.2. The maximum Gasteiger partial charge on any atom is 0.253 e. The van der Waals surface area contributed by atoms with Gasteiger partial charge in [0.05, 0.1) is 41.8 Å². The van der Waals surface area contributed by atoms with Gasteiger partial charge in [-0.1, -0.05) is 29.8 Å². The van der Waals surface area contributed by atoms with E-state index in [4.69, 9.17) is 21.1 Å². The largest absolute Gasteiger partial charge is 0.496 e. The standard InChI is InChI=1S/C20H23ClN2O5S/c1-14(16-5-3-4-6-19(16)27-2)22-20(24)17-13-15(7-8-18(17)21)29(25,26)23-9-11-28-12-10-23/h3-8,13-14H,9-12H2,1-2H3,(H,22,24). The minimum absolute atomic E-state index is 0.0268. The van der Waals surface area contributed by atoms with Gasteiger partial charge in [-0.15, -0.1) is 0 Å². The van der Waals surface area contributed by atoms with Gasteiger partial charge in [-0.2, -0.15) is 4.31 Å². The third-order valence-corrected chi connectivity index (χ3v) is 6.97. The Bertz CT molecular complexity index is 990. The summed E-state index contributed by atoms with van der Waals surface area (Å²) >= 11 is 6.20. The van der Waals surface area contributed by atoms with E-state index in [-0.39, 0.29) is 34.6 Å². The molecule has 1 aliphatic heterocycles. The van der Waals surface area contributed by atoms with Crippen molar-refractivity contribution in [2.45, 2.75) is 17.9 Å². The molecule has 9 heteroatoms. The number of morpholine rings is 1. The lowest BCUT2D eigenvalue weighted by Gasteiger charge is -2.26. The minimum atomic E-state index is -3.73. The van der Waals surface area contributed by atoms with Crippen LogP contribution in [0.4, 0.5) is 0 Å². The van der Waals surface area contributed by atoms with Crippen LogP contribution < -0.4 is 10.1 Å². The van der Waals surface area contributed by atoms with Gasteiger partial charge in [-0.05, 0) is 31.2 Å². The van der Waals surface area contributed by atoms with Crippen LogP contribution in [0, 0.1) is 0 Å². The summed E-state index contributed by atoms with van der Waals surface area (Å²) in [5, 5.41) is 3.03. The number of methoxy groups -OCH3 is 1. The second-order valence-corrected chi connectivity index (χ2v) is 8.94. The highest BCUT2D eigenvalue weighted by molar-refractivity contribution is 7.89. The first-order valence-corrected chi connectivity index (χ1v) is 11.0. The Hall–Kier alpha value is -2.13. The fourth-order valence-electron chi connectivity index (χ4n) is 3.15. The van der Waals surface area contributed by atoms with E-state index in [1.807, 2.05) is 25.1 Å². The van der Waals surface area contributed by atoms with E-state index in [1.54, 1.807) is 13.2 Å². The Morgan fingerprint density at radius 1 is 1.21 bits per heavy atom. The first-order valence-electron chi connectivity index (χ1n) is 9.16. The van der Waals surface area contributed by atoms with E-state index in [0.29, 0.717) is 19.0 Å². The van der Waals surface area contributed by atoms with Crippen LogP contribution in [-0.2, 0) is 14.8 Å². The summed E-state index contributed by atoms with van der Waals surface area (Å²) in [6, 6.07) is 11.1. The number of halogens is 1. The summed E-state index contributed by atoms with van der Waals surface area (Å²) < 4.78 is 37.7. The molecule has 156 valence electrons. The summed E-state index contributed by atoms with van der Waals surface area (Å²) in [6.07, 6.45) is 0. The molecule has 1 N–H and O–H groups in total. The van der Waals surface area contributed by atoms with Crippen molar-refractivity contribution >= 4 is 27.5 Å². The van der Waals surface area contributed by atoms with Crippen LogP contribution in [0.5, 0.6) is 5.75 Å². The Balaban J connectivity index is 1.85. The maximum absolute atomic E-state index is 12.9. The molecule has 1 aliphatic rings. The van der Waals surface area contributed by atoms with E-state index >= 15 is 0 Å².